The van der Waals surface area contributed by atoms with Crippen molar-refractivity contribution in [3.63, 3.8) is 0 Å². The number of alkyl halides is 3. The number of hydrogen-bond acceptors (Lipinski definition) is 4. The Balaban J connectivity index is 1.94. The summed E-state index contributed by atoms with van der Waals surface area (Å²) in [5, 5.41) is 6.94. The highest BCUT2D eigenvalue weighted by Gasteiger charge is 2.39. The first-order chi connectivity index (χ1) is 9.88. The second-order valence-electron chi connectivity index (χ2n) is 5.02. The number of fused-ring (bicyclic) bond motifs is 1. The largest absolute Gasteiger partial charge is 0.451 e. The second kappa shape index (κ2) is 4.64. The average molecular weight is 297 g/mol. The molecule has 0 saturated carbocycles. The first kappa shape index (κ1) is 13.7. The Kier molecular flexibility index (Phi) is 3.03. The van der Waals surface area contributed by atoms with Crippen molar-refractivity contribution >= 4 is 11.4 Å². The molecule has 1 aromatic carbocycles. The molecule has 112 valence electrons. The molecular formula is C13H14F3N5. The van der Waals surface area contributed by atoms with Gasteiger partial charge in [-0.05, 0) is 18.6 Å². The van der Waals surface area contributed by atoms with Crippen LogP contribution in [-0.2, 0) is 19.3 Å². The van der Waals surface area contributed by atoms with Gasteiger partial charge in [0.2, 0.25) is 5.82 Å². The van der Waals surface area contributed by atoms with Crippen LogP contribution in [0.15, 0.2) is 18.2 Å². The molecule has 2 aromatic rings. The number of nitrogen functional groups attached to an aromatic ring is 1. The normalized spacial score (nSPS) is 15.1. The van der Waals surface area contributed by atoms with Gasteiger partial charge in [-0.15, -0.1) is 10.2 Å². The van der Waals surface area contributed by atoms with Crippen molar-refractivity contribution in [1.82, 2.24) is 14.8 Å². The summed E-state index contributed by atoms with van der Waals surface area (Å²) in [6.45, 7) is 2.80. The molecule has 0 spiro atoms. The van der Waals surface area contributed by atoms with Gasteiger partial charge in [-0.2, -0.15) is 13.2 Å². The fourth-order valence-corrected chi connectivity index (χ4v) is 2.67. The van der Waals surface area contributed by atoms with Crippen LogP contribution < -0.4 is 10.6 Å². The van der Waals surface area contributed by atoms with Gasteiger partial charge in [-0.1, -0.05) is 12.1 Å². The summed E-state index contributed by atoms with van der Waals surface area (Å²) in [5.74, 6) is -0.633. The van der Waals surface area contributed by atoms with Crippen LogP contribution >= 0.6 is 0 Å². The lowest BCUT2D eigenvalue weighted by atomic mass is 10.1. The van der Waals surface area contributed by atoms with Gasteiger partial charge < -0.3 is 15.2 Å². The molecule has 0 amide bonds. The monoisotopic (exact) mass is 297 g/mol. The maximum Gasteiger partial charge on any atom is 0.451 e. The standard InChI is InChI=1S/C13H14F3N5/c1-8-3-2-4-9(17)11(8)20-5-6-21-10(7-20)18-19-12(21)13(14,15)16/h2-4H,5-7,17H2,1H3. The number of hydrogen-bond donors (Lipinski definition) is 1. The van der Waals surface area contributed by atoms with Crippen molar-refractivity contribution in [2.24, 2.45) is 0 Å². The summed E-state index contributed by atoms with van der Waals surface area (Å²) in [7, 11) is 0. The van der Waals surface area contributed by atoms with Gasteiger partial charge in [0, 0.05) is 13.1 Å². The predicted octanol–water partition coefficient (Wildman–Crippen LogP) is 2.21. The highest BCUT2D eigenvalue weighted by molar-refractivity contribution is 5.71. The average Bonchev–Trinajstić information content (AvgIpc) is 2.81. The van der Waals surface area contributed by atoms with E-state index in [0.29, 0.717) is 18.1 Å². The van der Waals surface area contributed by atoms with Crippen LogP contribution in [0.4, 0.5) is 24.5 Å². The number of benzene rings is 1. The van der Waals surface area contributed by atoms with E-state index < -0.39 is 12.0 Å². The fourth-order valence-electron chi connectivity index (χ4n) is 2.67. The Morgan fingerprint density at radius 2 is 1.95 bits per heavy atom. The molecule has 1 aliphatic rings. The summed E-state index contributed by atoms with van der Waals surface area (Å²) >= 11 is 0. The minimum atomic E-state index is -4.48. The predicted molar refractivity (Wildman–Crippen MR) is 71.7 cm³/mol. The molecule has 0 aliphatic carbocycles. The molecule has 3 rings (SSSR count). The number of halogens is 3. The lowest BCUT2D eigenvalue weighted by Crippen LogP contribution is -2.36. The molecule has 2 heterocycles. The Hall–Kier alpha value is -2.25. The molecule has 0 radical (unpaired) electrons. The summed E-state index contributed by atoms with van der Waals surface area (Å²) in [6.07, 6.45) is -4.48. The van der Waals surface area contributed by atoms with Crippen molar-refractivity contribution in [2.75, 3.05) is 17.2 Å². The Bertz CT molecular complexity index is 657. The summed E-state index contributed by atoms with van der Waals surface area (Å²) in [6, 6.07) is 5.55. The highest BCUT2D eigenvalue weighted by atomic mass is 19.4. The van der Waals surface area contributed by atoms with Crippen LogP contribution in [0.25, 0.3) is 0 Å². The van der Waals surface area contributed by atoms with E-state index in [1.54, 1.807) is 6.07 Å². The lowest BCUT2D eigenvalue weighted by Gasteiger charge is -2.31. The molecule has 0 fully saturated rings. The molecule has 1 aliphatic heterocycles. The molecule has 0 saturated heterocycles. The van der Waals surface area contributed by atoms with Gasteiger partial charge in [0.25, 0.3) is 0 Å². The summed E-state index contributed by atoms with van der Waals surface area (Å²) < 4.78 is 39.5. The summed E-state index contributed by atoms with van der Waals surface area (Å²) in [4.78, 5) is 1.94. The van der Waals surface area contributed by atoms with Crippen molar-refractivity contribution < 1.29 is 13.2 Å². The van der Waals surface area contributed by atoms with E-state index in [0.717, 1.165) is 15.8 Å². The Labute approximate surface area is 119 Å². The zero-order chi connectivity index (χ0) is 15.2. The van der Waals surface area contributed by atoms with Crippen molar-refractivity contribution in [1.29, 1.82) is 0 Å². The highest BCUT2D eigenvalue weighted by Crippen LogP contribution is 2.33. The van der Waals surface area contributed by atoms with E-state index in [-0.39, 0.29) is 13.1 Å². The van der Waals surface area contributed by atoms with Crippen molar-refractivity contribution in [2.45, 2.75) is 26.2 Å². The molecule has 1 aromatic heterocycles. The minimum Gasteiger partial charge on any atom is -0.397 e. The minimum absolute atomic E-state index is 0.185. The number of nitrogens with two attached hydrogens (primary N) is 1. The number of aryl methyl sites for hydroxylation is 1. The third-order valence-corrected chi connectivity index (χ3v) is 3.59. The zero-order valence-corrected chi connectivity index (χ0v) is 11.4. The molecule has 8 heteroatoms. The van der Waals surface area contributed by atoms with Crippen LogP contribution in [0.3, 0.4) is 0 Å². The van der Waals surface area contributed by atoms with Gasteiger partial charge in [0.05, 0.1) is 17.9 Å². The van der Waals surface area contributed by atoms with Crippen LogP contribution in [0.5, 0.6) is 0 Å². The van der Waals surface area contributed by atoms with E-state index >= 15 is 0 Å². The maximum atomic E-state index is 12.8. The number of anilines is 2. The van der Waals surface area contributed by atoms with Crippen molar-refractivity contribution in [3.05, 3.63) is 35.4 Å². The maximum absolute atomic E-state index is 12.8. The van der Waals surface area contributed by atoms with Crippen molar-refractivity contribution in [3.8, 4) is 0 Å². The SMILES string of the molecule is Cc1cccc(N)c1N1CCn2c(nnc2C(F)(F)F)C1. The number of nitrogens with zero attached hydrogens (tertiary/aromatic N) is 4. The molecule has 0 unspecified atom stereocenters. The molecule has 0 atom stereocenters. The van der Waals surface area contributed by atoms with Gasteiger partial charge in [-0.3, -0.25) is 0 Å². The van der Waals surface area contributed by atoms with Gasteiger partial charge >= 0.3 is 6.18 Å². The summed E-state index contributed by atoms with van der Waals surface area (Å²) in [5.41, 5.74) is 8.43. The topological polar surface area (TPSA) is 60.0 Å². The first-order valence-electron chi connectivity index (χ1n) is 6.47. The molecular weight excluding hydrogens is 283 g/mol. The fraction of sp³-hybridized carbons (Fsp3) is 0.385. The first-order valence-corrected chi connectivity index (χ1v) is 6.47. The molecule has 21 heavy (non-hydrogen) atoms. The lowest BCUT2D eigenvalue weighted by molar-refractivity contribution is -0.147. The van der Waals surface area contributed by atoms with E-state index in [4.69, 9.17) is 5.73 Å². The van der Waals surface area contributed by atoms with Crippen LogP contribution in [0.2, 0.25) is 0 Å². The third kappa shape index (κ3) is 2.30. The van der Waals surface area contributed by atoms with Crippen LogP contribution in [0, 0.1) is 6.92 Å². The van der Waals surface area contributed by atoms with Crippen LogP contribution in [0.1, 0.15) is 17.2 Å². The van der Waals surface area contributed by atoms with Crippen LogP contribution in [-0.4, -0.2) is 21.3 Å². The quantitative estimate of drug-likeness (QED) is 0.820. The molecule has 0 bridgehead atoms. The second-order valence-corrected chi connectivity index (χ2v) is 5.02. The van der Waals surface area contributed by atoms with Gasteiger partial charge in [0.15, 0.2) is 5.82 Å². The third-order valence-electron chi connectivity index (χ3n) is 3.59. The Morgan fingerprint density at radius 3 is 2.62 bits per heavy atom. The number of rotatable bonds is 1. The molecule has 5 nitrogen and oxygen atoms in total. The van der Waals surface area contributed by atoms with Gasteiger partial charge in [0.1, 0.15) is 0 Å². The van der Waals surface area contributed by atoms with E-state index in [2.05, 4.69) is 10.2 Å². The van der Waals surface area contributed by atoms with Gasteiger partial charge in [-0.25, -0.2) is 0 Å². The number of aromatic nitrogens is 3. The zero-order valence-electron chi connectivity index (χ0n) is 11.4. The van der Waals surface area contributed by atoms with E-state index in [1.807, 2.05) is 24.0 Å². The molecule has 2 N–H and O–H groups in total. The van der Waals surface area contributed by atoms with E-state index in [9.17, 15) is 13.2 Å². The smallest absolute Gasteiger partial charge is 0.397 e. The van der Waals surface area contributed by atoms with E-state index in [1.165, 1.54) is 0 Å². The Morgan fingerprint density at radius 1 is 1.19 bits per heavy atom. The number of para-hydroxylation sites is 1.